The van der Waals surface area contributed by atoms with Crippen LogP contribution in [0.4, 0.5) is 0 Å². The Hall–Kier alpha value is -6.87. The van der Waals surface area contributed by atoms with Gasteiger partial charge in [0.2, 0.25) is 29.9 Å². The van der Waals surface area contributed by atoms with Gasteiger partial charge in [0.05, 0.1) is 48.2 Å². The number of nitriles is 1. The average Bonchev–Trinajstić information content (AvgIpc) is 3.68. The zero-order valence-electron chi connectivity index (χ0n) is 48.9. The second kappa shape index (κ2) is 39.6. The van der Waals surface area contributed by atoms with Crippen LogP contribution in [0.15, 0.2) is 41.0 Å². The maximum atomic E-state index is 13.4. The fourth-order valence-corrected chi connectivity index (χ4v) is 9.67. The number of allylic oxidation sites excluding steroid dienone is 3. The zero-order chi connectivity index (χ0) is 62.8. The highest BCUT2D eigenvalue weighted by Gasteiger charge is 2.41. The third-order valence-electron chi connectivity index (χ3n) is 13.5. The van der Waals surface area contributed by atoms with Gasteiger partial charge in [-0.3, -0.25) is 33.7 Å². The van der Waals surface area contributed by atoms with Crippen LogP contribution in [0.1, 0.15) is 109 Å². The normalized spacial score (nSPS) is 19.4. The van der Waals surface area contributed by atoms with Gasteiger partial charge in [0.1, 0.15) is 41.2 Å². The first-order chi connectivity index (χ1) is 39.7. The number of benzene rings is 2. The van der Waals surface area contributed by atoms with E-state index in [-0.39, 0.29) is 94.1 Å². The highest BCUT2D eigenvalue weighted by Crippen LogP contribution is 2.47. The Bertz CT molecular complexity index is 2650. The first kappa shape index (κ1) is 74.1. The summed E-state index contributed by atoms with van der Waals surface area (Å²) >= 11 is 0. The van der Waals surface area contributed by atoms with E-state index in [0.717, 1.165) is 39.5 Å². The first-order valence-electron chi connectivity index (χ1n) is 27.1. The number of aliphatic hydroxyl groups is 2. The van der Waals surface area contributed by atoms with E-state index >= 15 is 0 Å². The molecule has 0 radical (unpaired) electrons. The molecule has 2 aliphatic carbocycles. The van der Waals surface area contributed by atoms with Gasteiger partial charge in [-0.25, -0.2) is 8.42 Å². The van der Waals surface area contributed by atoms with E-state index in [4.69, 9.17) is 39.8 Å². The summed E-state index contributed by atoms with van der Waals surface area (Å²) in [6.45, 7) is 13.2. The van der Waals surface area contributed by atoms with Gasteiger partial charge in [-0.2, -0.15) is 5.26 Å². The molecule has 0 spiro atoms. The standard InChI is InChI=1S/C30H36N4O8.C12H19N3O3S.C11H21NO4.CH5N.CH4O.CH2O/c1-16(34-15-35)29(40)32-12-4-10-31-11-5-13-33-30(41)17-8-9-18-20(14-17)27(38)23-24(25(18)36)28(39)22-19(26(23)37)6-3-7-21(22)42-2;1-3-15-11(16)8-6-4-5-7-10(9-13)12(14)19(2,17)18;1-8-11(13)9(3-5-15-8)12-4-6-16-10(7-12)14-2;3*1-2/h3,6-7,15-17,31,36,38H,4-5,8-14H2,1-2H3,(H,32,40)(H,33,41)(H,34,35);5,7H,3-4,6,8,14H2,1-2H3,(H,15,16);8-11,13H,3-7H2,1-2H3;2H2,1H3;2H,1H3;1H2/b;7-5-,12-10-;;;;. The number of carbonyl (C=O) groups is 7. The molecule has 2 aliphatic heterocycles. The minimum absolute atomic E-state index is 0.0254. The van der Waals surface area contributed by atoms with Crippen LogP contribution in [0, 0.1) is 17.2 Å². The van der Waals surface area contributed by atoms with Crippen molar-refractivity contribution in [2.75, 3.05) is 93.7 Å². The highest BCUT2D eigenvalue weighted by atomic mass is 32.2. The number of ketones is 2. The maximum absolute atomic E-state index is 13.4. The van der Waals surface area contributed by atoms with Gasteiger partial charge < -0.3 is 82.2 Å². The number of nitrogens with two attached hydrogens (primary N) is 2. The van der Waals surface area contributed by atoms with Crippen molar-refractivity contribution in [3.05, 3.63) is 74.3 Å². The molecule has 27 heteroatoms. The van der Waals surface area contributed by atoms with Crippen LogP contribution in [-0.4, -0.2) is 200 Å². The number of nitrogens with zero attached hydrogens (tertiary/aromatic N) is 2. The predicted molar refractivity (Wildman–Crippen MR) is 309 cm³/mol. The second-order valence-electron chi connectivity index (χ2n) is 18.8. The number of carbonyl (C=O) groups excluding carboxylic acids is 7. The number of aliphatic hydroxyl groups excluding tert-OH is 2. The molecule has 6 unspecified atom stereocenters. The molecule has 6 rings (SSSR count). The molecular weight excluding hydrogens is 1100 g/mol. The summed E-state index contributed by atoms with van der Waals surface area (Å²) in [5, 5.41) is 61.7. The van der Waals surface area contributed by atoms with Gasteiger partial charge >= 0.3 is 0 Å². The highest BCUT2D eigenvalue weighted by molar-refractivity contribution is 7.94. The summed E-state index contributed by atoms with van der Waals surface area (Å²) in [5.41, 5.74) is 10.2. The van der Waals surface area contributed by atoms with Crippen molar-refractivity contribution in [2.45, 2.75) is 109 Å². The zero-order valence-corrected chi connectivity index (χ0v) is 49.7. The molecule has 83 heavy (non-hydrogen) atoms. The van der Waals surface area contributed by atoms with Crippen molar-refractivity contribution in [1.82, 2.24) is 31.5 Å². The second-order valence-corrected chi connectivity index (χ2v) is 20.8. The van der Waals surface area contributed by atoms with Crippen LogP contribution in [0.3, 0.4) is 0 Å². The molecule has 464 valence electrons. The van der Waals surface area contributed by atoms with Gasteiger partial charge in [-0.05, 0) is 104 Å². The molecular formula is C56H87N9O17S. The molecule has 26 nitrogen and oxygen atoms in total. The summed E-state index contributed by atoms with van der Waals surface area (Å²) in [7, 11) is 1.98. The molecule has 0 saturated carbocycles. The number of sulfone groups is 1. The Balaban J connectivity index is 0.000000693. The fraction of sp³-hybridized carbons (Fsp3) is 0.571. The number of rotatable bonds is 22. The van der Waals surface area contributed by atoms with E-state index < -0.39 is 44.5 Å². The van der Waals surface area contributed by atoms with Gasteiger partial charge in [-0.15, -0.1) is 0 Å². The van der Waals surface area contributed by atoms with Crippen molar-refractivity contribution in [1.29, 1.82) is 5.26 Å². The number of phenols is 2. The van der Waals surface area contributed by atoms with Crippen LogP contribution in [-0.2, 0) is 60.9 Å². The minimum Gasteiger partial charge on any atom is -0.507 e. The molecule has 6 atom stereocenters. The summed E-state index contributed by atoms with van der Waals surface area (Å²) in [6, 6.07) is 5.95. The van der Waals surface area contributed by atoms with Crippen molar-refractivity contribution < 1.29 is 81.4 Å². The van der Waals surface area contributed by atoms with Gasteiger partial charge in [0.25, 0.3) is 0 Å². The number of fused-ring (bicyclic) bond motifs is 3. The number of morpholine rings is 1. The predicted octanol–water partition coefficient (Wildman–Crippen LogP) is 0.139. The number of phenolic OH excluding ortho intramolecular Hbond substituents is 2. The van der Waals surface area contributed by atoms with E-state index in [2.05, 4.69) is 37.2 Å². The smallest absolute Gasteiger partial charge is 0.242 e. The number of hydrogen-bond acceptors (Lipinski definition) is 22. The van der Waals surface area contributed by atoms with Crippen LogP contribution >= 0.6 is 0 Å². The Morgan fingerprint density at radius 2 is 1.58 bits per heavy atom. The number of nitrogens with one attached hydrogen (secondary N) is 5. The third-order valence-corrected chi connectivity index (χ3v) is 14.5. The molecule has 2 fully saturated rings. The lowest BCUT2D eigenvalue weighted by Gasteiger charge is -2.43. The summed E-state index contributed by atoms with van der Waals surface area (Å²) in [5.74, 6) is -2.57. The molecule has 2 aromatic carbocycles. The van der Waals surface area contributed by atoms with Gasteiger partial charge in [0, 0.05) is 94.9 Å². The van der Waals surface area contributed by atoms with Gasteiger partial charge in [0.15, 0.2) is 21.9 Å². The summed E-state index contributed by atoms with van der Waals surface area (Å²) in [4.78, 5) is 83.1. The number of amides is 4. The summed E-state index contributed by atoms with van der Waals surface area (Å²) < 4.78 is 43.6. The molecule has 4 amide bonds. The van der Waals surface area contributed by atoms with E-state index in [1.807, 2.05) is 20.6 Å². The van der Waals surface area contributed by atoms with Crippen molar-refractivity contribution in [3.63, 3.8) is 0 Å². The number of unbranched alkanes of at least 4 members (excludes halogenated alkanes) is 1. The van der Waals surface area contributed by atoms with E-state index in [1.165, 1.54) is 26.3 Å². The van der Waals surface area contributed by atoms with Crippen molar-refractivity contribution in [2.24, 2.45) is 17.4 Å². The van der Waals surface area contributed by atoms with E-state index in [0.29, 0.717) is 95.4 Å². The van der Waals surface area contributed by atoms with Crippen LogP contribution in [0.25, 0.3) is 0 Å². The Morgan fingerprint density at radius 1 is 0.940 bits per heavy atom. The molecule has 4 aliphatic rings. The molecule has 0 bridgehead atoms. The minimum atomic E-state index is -3.56. The lowest BCUT2D eigenvalue weighted by atomic mass is 9.75. The van der Waals surface area contributed by atoms with Crippen LogP contribution in [0.5, 0.6) is 17.2 Å². The fourth-order valence-electron chi connectivity index (χ4n) is 9.16. The molecule has 2 heterocycles. The molecule has 2 saturated heterocycles. The average molecular weight is 1190 g/mol. The van der Waals surface area contributed by atoms with Crippen molar-refractivity contribution >= 4 is 52.3 Å². The Labute approximate surface area is 486 Å². The quantitative estimate of drug-likeness (QED) is 0.0209. The Kier molecular flexibility index (Phi) is 35.4. The van der Waals surface area contributed by atoms with Crippen LogP contribution in [0.2, 0.25) is 0 Å². The maximum Gasteiger partial charge on any atom is 0.242 e. The SMILES string of the molecule is C=O.CCNC(=O)CCC/C=C\C(C#N)=C(/N)S(C)(=O)=O.CN.CO.COC1CN(C2CCOC(C)C2O)CCO1.COc1cccc2c1C(=O)c1c(O)c3c(c(O)c1C2=O)CC(C(=O)NCCCNCCCNC(=O)C(C)NC=O)CC3. The monoisotopic (exact) mass is 1190 g/mol. The largest absolute Gasteiger partial charge is 0.507 e. The number of ether oxygens (including phenoxy) is 4. The molecule has 13 N–H and O–H groups in total. The lowest BCUT2D eigenvalue weighted by Crippen LogP contribution is -2.57. The van der Waals surface area contributed by atoms with E-state index in [1.54, 1.807) is 38.3 Å². The molecule has 2 aromatic rings. The number of methoxy groups -OCH3 is 2. The summed E-state index contributed by atoms with van der Waals surface area (Å²) in [6.07, 6.45) is 8.44. The molecule has 0 aromatic heterocycles. The Morgan fingerprint density at radius 3 is 2.18 bits per heavy atom. The van der Waals surface area contributed by atoms with Crippen molar-refractivity contribution in [3.8, 4) is 23.3 Å². The topological polar surface area (TPSA) is 411 Å². The van der Waals surface area contributed by atoms with Gasteiger partial charge in [-0.1, -0.05) is 18.2 Å². The van der Waals surface area contributed by atoms with Crippen LogP contribution < -0.4 is 42.8 Å². The van der Waals surface area contributed by atoms with E-state index in [9.17, 15) is 52.5 Å². The number of hydrogen-bond donors (Lipinski definition) is 11. The third kappa shape index (κ3) is 22.3. The first-order valence-corrected chi connectivity index (χ1v) is 29.0. The lowest BCUT2D eigenvalue weighted by molar-refractivity contribution is -0.190. The number of aromatic hydroxyl groups is 2.